The number of oxime groups is 1. The number of nitrogens with one attached hydrogen (secondary N) is 1. The van der Waals surface area contributed by atoms with Crippen LogP contribution in [0.2, 0.25) is 0 Å². The summed E-state index contributed by atoms with van der Waals surface area (Å²) in [4.78, 5) is 53.3. The van der Waals surface area contributed by atoms with Crippen molar-refractivity contribution in [1.82, 2.24) is 15.4 Å². The van der Waals surface area contributed by atoms with Gasteiger partial charge in [0.2, 0.25) is 0 Å². The van der Waals surface area contributed by atoms with E-state index in [1.54, 1.807) is 12.1 Å². The molecule has 0 unspecified atom stereocenters. The number of aliphatic imine (C=N–C) groups is 1. The van der Waals surface area contributed by atoms with Gasteiger partial charge in [-0.25, -0.2) is 9.78 Å². The summed E-state index contributed by atoms with van der Waals surface area (Å²) in [7, 11) is -5.03. The largest absolute Gasteiger partial charge is 0.485 e. The van der Waals surface area contributed by atoms with Crippen LogP contribution in [-0.2, 0) is 40.3 Å². The number of aryl methyl sites for hydroxylation is 1. The molecule has 1 aromatic carbocycles. The third kappa shape index (κ3) is 6.97. The molecule has 0 spiro atoms. The zero-order chi connectivity index (χ0) is 37.3. The molecule has 4 aliphatic rings. The van der Waals surface area contributed by atoms with Gasteiger partial charge in [-0.3, -0.25) is 19.1 Å². The molecule has 51 heavy (non-hydrogen) atoms. The smallest absolute Gasteiger partial charge is 0.418 e. The number of aliphatic carboxylic acids is 1. The van der Waals surface area contributed by atoms with Gasteiger partial charge in [0.1, 0.15) is 23.3 Å². The first-order chi connectivity index (χ1) is 23.7. The highest BCUT2D eigenvalue weighted by molar-refractivity contribution is 7.80. The maximum Gasteiger partial charge on any atom is 0.418 e. The standard InChI is InChI=1S/C31H40N8O10S2/c1-29(2)23(26(41)39(29)49-51(44,45)46)37-25(40)22(19-13-50-28(33)36-19)38-48-31(4,27(42)43)21-8-6-14-11-15(5-7-20(14)47-21)24(32)35-18-9-10-30(3,34)17-12-16(17)18/h5,7,11,13,16-18,21,23H,6,8-10,12,34H2,1-4H3,(H2,32,35)(H2,33,36)(H,37,40)(H,42,43)(H,44,45,46)/b38-22-/t16-,17+,18-,21+,23+,30-,31-/m0/s1. The van der Waals surface area contributed by atoms with Gasteiger partial charge in [-0.2, -0.15) is 13.5 Å². The number of thiazole rings is 1. The first-order valence-corrected chi connectivity index (χ1v) is 18.4. The Kier molecular flexibility index (Phi) is 9.06. The number of hydrogen-bond donors (Lipinski definition) is 6. The quantitative estimate of drug-likeness (QED) is 0.0608. The Labute approximate surface area is 297 Å². The van der Waals surface area contributed by atoms with Crippen molar-refractivity contribution in [2.24, 2.45) is 33.5 Å². The van der Waals surface area contributed by atoms with Crippen molar-refractivity contribution < 1.29 is 46.3 Å². The minimum absolute atomic E-state index is 0.0607. The van der Waals surface area contributed by atoms with E-state index in [2.05, 4.69) is 26.7 Å². The number of β-lactam (4-membered cyclic amide) rings is 1. The van der Waals surface area contributed by atoms with E-state index in [4.69, 9.17) is 36.3 Å². The van der Waals surface area contributed by atoms with Crippen LogP contribution in [0, 0.1) is 11.8 Å². The molecule has 276 valence electrons. The molecule has 2 aliphatic carbocycles. The molecule has 3 fully saturated rings. The highest BCUT2D eigenvalue weighted by Gasteiger charge is 2.58. The first-order valence-electron chi connectivity index (χ1n) is 16.2. The molecule has 9 N–H and O–H groups in total. The number of carboxylic acids is 1. The summed E-state index contributed by atoms with van der Waals surface area (Å²) in [6.45, 7) is 6.10. The van der Waals surface area contributed by atoms with E-state index in [0.29, 0.717) is 34.9 Å². The molecule has 0 bridgehead atoms. The maximum atomic E-state index is 13.5. The number of amides is 2. The van der Waals surface area contributed by atoms with Crippen molar-refractivity contribution >= 4 is 56.2 Å². The summed E-state index contributed by atoms with van der Waals surface area (Å²) in [5.74, 6) is -1.70. The predicted octanol–water partition coefficient (Wildman–Crippen LogP) is 0.744. The summed E-state index contributed by atoms with van der Waals surface area (Å²) in [6.07, 6.45) is 2.37. The second kappa shape index (κ2) is 12.7. The number of carbonyl (C=O) groups is 3. The first kappa shape index (κ1) is 36.4. The number of nitrogens with zero attached hydrogens (tertiary/aromatic N) is 4. The molecule has 18 nitrogen and oxygen atoms in total. The summed E-state index contributed by atoms with van der Waals surface area (Å²) >= 11 is 0.968. The van der Waals surface area contributed by atoms with Crippen molar-refractivity contribution in [1.29, 1.82) is 0 Å². The molecule has 6 rings (SSSR count). The van der Waals surface area contributed by atoms with E-state index in [1.807, 2.05) is 6.07 Å². The average Bonchev–Trinajstić information content (AvgIpc) is 3.78. The number of ether oxygens (including phenoxy) is 1. The molecule has 0 radical (unpaired) electrons. The normalized spacial score (nSPS) is 29.8. The number of hydroxylamine groups is 2. The van der Waals surface area contributed by atoms with E-state index in [1.165, 1.54) is 26.2 Å². The Balaban J connectivity index is 1.18. The van der Waals surface area contributed by atoms with Crippen LogP contribution in [0.15, 0.2) is 33.7 Å². The highest BCUT2D eigenvalue weighted by Crippen LogP contribution is 2.54. The van der Waals surface area contributed by atoms with Gasteiger partial charge in [0.15, 0.2) is 16.9 Å². The number of carboxylic acid groups (broad SMARTS) is 1. The number of nitrogens with two attached hydrogens (primary N) is 3. The molecular weight excluding hydrogens is 709 g/mol. The summed E-state index contributed by atoms with van der Waals surface area (Å²) in [5.41, 5.74) is 15.9. The lowest BCUT2D eigenvalue weighted by Crippen LogP contribution is -2.76. The van der Waals surface area contributed by atoms with E-state index >= 15 is 0 Å². The van der Waals surface area contributed by atoms with Gasteiger partial charge in [-0.1, -0.05) is 5.16 Å². The number of rotatable bonds is 11. The second-order valence-corrected chi connectivity index (χ2v) is 16.2. The summed E-state index contributed by atoms with van der Waals surface area (Å²) in [5, 5.41) is 18.5. The highest BCUT2D eigenvalue weighted by atomic mass is 32.3. The minimum Gasteiger partial charge on any atom is -0.485 e. The Bertz CT molecular complexity index is 1950. The van der Waals surface area contributed by atoms with Gasteiger partial charge in [0.05, 0.1) is 11.6 Å². The molecule has 7 atom stereocenters. The zero-order valence-corrected chi connectivity index (χ0v) is 29.9. The van der Waals surface area contributed by atoms with Gasteiger partial charge in [0.25, 0.3) is 17.4 Å². The van der Waals surface area contributed by atoms with Crippen molar-refractivity contribution in [3.05, 3.63) is 40.4 Å². The predicted molar refractivity (Wildman–Crippen MR) is 183 cm³/mol. The Morgan fingerprint density at radius 1 is 1.25 bits per heavy atom. The molecule has 20 heteroatoms. The number of anilines is 1. The molecule has 2 saturated carbocycles. The number of fused-ring (bicyclic) bond motifs is 2. The lowest BCUT2D eigenvalue weighted by atomic mass is 9.82. The molecule has 1 saturated heterocycles. The van der Waals surface area contributed by atoms with Gasteiger partial charge in [-0.05, 0) is 95.4 Å². The fourth-order valence-corrected chi connectivity index (χ4v) is 8.00. The Hall–Kier alpha value is -4.37. The summed E-state index contributed by atoms with van der Waals surface area (Å²) < 4.78 is 41.8. The number of carbonyl (C=O) groups excluding carboxylic acids is 2. The third-order valence-electron chi connectivity index (χ3n) is 10.2. The van der Waals surface area contributed by atoms with Crippen LogP contribution in [0.5, 0.6) is 5.75 Å². The zero-order valence-electron chi connectivity index (χ0n) is 28.2. The van der Waals surface area contributed by atoms with Gasteiger partial charge < -0.3 is 37.2 Å². The number of amidine groups is 1. The fraction of sp³-hybridized carbons (Fsp3) is 0.548. The topological polar surface area (TPSA) is 284 Å². The number of hydrogen-bond acceptors (Lipinski definition) is 14. The van der Waals surface area contributed by atoms with Crippen LogP contribution in [0.4, 0.5) is 5.13 Å². The Morgan fingerprint density at radius 2 is 1.98 bits per heavy atom. The van der Waals surface area contributed by atoms with Crippen LogP contribution in [0.25, 0.3) is 0 Å². The lowest BCUT2D eigenvalue weighted by molar-refractivity contribution is -0.218. The third-order valence-corrected chi connectivity index (χ3v) is 11.2. The monoisotopic (exact) mass is 748 g/mol. The van der Waals surface area contributed by atoms with E-state index in [-0.39, 0.29) is 28.8 Å². The van der Waals surface area contributed by atoms with Crippen LogP contribution in [0.1, 0.15) is 70.2 Å². The van der Waals surface area contributed by atoms with E-state index in [0.717, 1.165) is 41.7 Å². The number of benzene rings is 1. The van der Waals surface area contributed by atoms with Crippen LogP contribution < -0.4 is 27.3 Å². The summed E-state index contributed by atoms with van der Waals surface area (Å²) in [6, 6.07) is 4.13. The molecular formula is C31H40N8O10S2. The fourth-order valence-electron chi connectivity index (χ4n) is 7.00. The van der Waals surface area contributed by atoms with Crippen molar-refractivity contribution in [3.63, 3.8) is 0 Å². The number of nitrogen functional groups attached to an aromatic ring is 1. The van der Waals surface area contributed by atoms with Gasteiger partial charge >= 0.3 is 16.4 Å². The van der Waals surface area contributed by atoms with Crippen molar-refractivity contribution in [2.75, 3.05) is 5.73 Å². The van der Waals surface area contributed by atoms with Crippen LogP contribution >= 0.6 is 11.3 Å². The minimum atomic E-state index is -5.03. The van der Waals surface area contributed by atoms with Crippen molar-refractivity contribution in [3.8, 4) is 5.75 Å². The van der Waals surface area contributed by atoms with Gasteiger partial charge in [0, 0.05) is 16.5 Å². The molecule has 1 aromatic heterocycles. The van der Waals surface area contributed by atoms with E-state index < -0.39 is 57.2 Å². The van der Waals surface area contributed by atoms with Gasteiger partial charge in [-0.15, -0.1) is 15.6 Å². The molecule has 2 amide bonds. The van der Waals surface area contributed by atoms with Crippen molar-refractivity contribution in [2.45, 2.75) is 94.7 Å². The lowest BCUT2D eigenvalue weighted by Gasteiger charge is -2.50. The number of aromatic nitrogens is 1. The van der Waals surface area contributed by atoms with Crippen LogP contribution in [0.3, 0.4) is 0 Å². The average molecular weight is 749 g/mol. The second-order valence-electron chi connectivity index (χ2n) is 14.3. The maximum absolute atomic E-state index is 13.5. The Morgan fingerprint density at radius 3 is 2.61 bits per heavy atom. The molecule has 2 aliphatic heterocycles. The SMILES string of the molecule is CC1(C)[C@H](NC(=O)/C(=N\O[C@](C)(C(=O)O)[C@H]2CCc3cc(C(N)=N[C@H]4CC[C@](C)(N)[C@@H]5C[C@H]45)ccc3O2)c2csc(N)n2)C(=O)N1OS(=O)(=O)O. The van der Waals surface area contributed by atoms with E-state index in [9.17, 15) is 27.9 Å². The molecule has 2 aromatic rings. The van der Waals surface area contributed by atoms with Crippen LogP contribution in [-0.4, -0.2) is 92.3 Å². The molecule has 3 heterocycles.